The Morgan fingerprint density at radius 2 is 1.69 bits per heavy atom. The zero-order valence-electron chi connectivity index (χ0n) is 16.1. The van der Waals surface area contributed by atoms with Crippen molar-refractivity contribution < 1.29 is 31.1 Å². The summed E-state index contributed by atoms with van der Waals surface area (Å²) in [5.41, 5.74) is 0.900. The largest absolute Gasteiger partial charge is 0.573 e. The quantitative estimate of drug-likeness (QED) is 0.417. The van der Waals surface area contributed by atoms with E-state index in [1.807, 2.05) is 0 Å². The summed E-state index contributed by atoms with van der Waals surface area (Å²) in [6, 6.07) is 15.2. The number of sulfonamides is 1. The van der Waals surface area contributed by atoms with Gasteiger partial charge in [-0.15, -0.1) is 24.5 Å². The first-order valence-corrected chi connectivity index (χ1v) is 12.1. The van der Waals surface area contributed by atoms with Gasteiger partial charge in [0.2, 0.25) is 5.91 Å². The molecule has 0 aliphatic heterocycles. The molecule has 3 rings (SSSR count). The summed E-state index contributed by atoms with van der Waals surface area (Å²) in [5, 5.41) is 2.52. The number of amides is 1. The number of ether oxygens (including phenoxy) is 1. The minimum Gasteiger partial charge on any atom is -0.406 e. The van der Waals surface area contributed by atoms with Crippen LogP contribution in [0.5, 0.6) is 5.75 Å². The Labute approximate surface area is 194 Å². The van der Waals surface area contributed by atoms with E-state index in [-0.39, 0.29) is 16.3 Å². The number of halogens is 4. The van der Waals surface area contributed by atoms with E-state index in [4.69, 9.17) is 0 Å². The molecule has 0 bridgehead atoms. The minimum atomic E-state index is -4.83. The highest BCUT2D eigenvalue weighted by Gasteiger charge is 2.31. The van der Waals surface area contributed by atoms with Gasteiger partial charge in [0.25, 0.3) is 10.0 Å². The number of carbonyl (C=O) groups excluding carboxylic acids is 1. The van der Waals surface area contributed by atoms with Crippen molar-refractivity contribution in [2.45, 2.75) is 23.0 Å². The Kier molecular flexibility index (Phi) is 7.59. The van der Waals surface area contributed by atoms with Gasteiger partial charge in [-0.05, 0) is 64.3 Å². The predicted octanol–water partition coefficient (Wildman–Crippen LogP) is 4.94. The molecule has 0 saturated carbocycles. The van der Waals surface area contributed by atoms with Crippen LogP contribution in [0.4, 0.5) is 18.9 Å². The number of benzene rings is 2. The summed E-state index contributed by atoms with van der Waals surface area (Å²) < 4.78 is 69.3. The normalized spacial score (nSPS) is 12.9. The van der Waals surface area contributed by atoms with Crippen LogP contribution in [-0.4, -0.2) is 26.7 Å². The number of rotatable bonds is 8. The summed E-state index contributed by atoms with van der Waals surface area (Å²) in [6.45, 7) is 0. The maximum atomic E-state index is 12.9. The summed E-state index contributed by atoms with van der Waals surface area (Å²) in [4.78, 5) is 12.9. The van der Waals surface area contributed by atoms with Crippen LogP contribution in [0.3, 0.4) is 0 Å². The molecule has 12 heteroatoms. The van der Waals surface area contributed by atoms with E-state index in [9.17, 15) is 26.4 Å². The van der Waals surface area contributed by atoms with Gasteiger partial charge in [0.15, 0.2) is 0 Å². The van der Waals surface area contributed by atoms with Crippen molar-refractivity contribution in [3.8, 4) is 5.75 Å². The lowest BCUT2D eigenvalue weighted by molar-refractivity contribution is -0.274. The molecule has 0 aliphatic carbocycles. The molecule has 3 aromatic rings. The van der Waals surface area contributed by atoms with Crippen LogP contribution in [0.25, 0.3) is 0 Å². The van der Waals surface area contributed by atoms with E-state index in [2.05, 4.69) is 30.7 Å². The summed E-state index contributed by atoms with van der Waals surface area (Å²) in [5.74, 6) is -1.11. The van der Waals surface area contributed by atoms with Crippen LogP contribution < -0.4 is 14.8 Å². The van der Waals surface area contributed by atoms with Crippen molar-refractivity contribution in [3.05, 3.63) is 76.1 Å². The number of carbonyl (C=O) groups is 1. The maximum absolute atomic E-state index is 12.9. The van der Waals surface area contributed by atoms with Crippen LogP contribution in [0.2, 0.25) is 0 Å². The highest BCUT2D eigenvalue weighted by atomic mass is 79.9. The molecule has 32 heavy (non-hydrogen) atoms. The average molecular weight is 549 g/mol. The molecule has 2 N–H and O–H groups in total. The second-order valence-corrected chi connectivity index (χ2v) is 10.9. The summed E-state index contributed by atoms with van der Waals surface area (Å²) >= 11 is 4.20. The van der Waals surface area contributed by atoms with Gasteiger partial charge in [0.1, 0.15) is 16.0 Å². The lowest BCUT2D eigenvalue weighted by Crippen LogP contribution is -2.45. The third-order valence-electron chi connectivity index (χ3n) is 4.07. The van der Waals surface area contributed by atoms with E-state index in [0.29, 0.717) is 3.79 Å². The minimum absolute atomic E-state index is 0.0314. The van der Waals surface area contributed by atoms with Crippen LogP contribution in [0, 0.1) is 0 Å². The van der Waals surface area contributed by atoms with Crippen LogP contribution in [-0.2, 0) is 21.2 Å². The van der Waals surface area contributed by atoms with Crippen molar-refractivity contribution >= 4 is 48.9 Å². The van der Waals surface area contributed by atoms with Crippen molar-refractivity contribution in [1.82, 2.24) is 4.72 Å². The van der Waals surface area contributed by atoms with Gasteiger partial charge < -0.3 is 10.1 Å². The molecule has 170 valence electrons. The van der Waals surface area contributed by atoms with E-state index in [1.54, 1.807) is 36.4 Å². The zero-order chi connectivity index (χ0) is 23.4. The molecule has 0 radical (unpaired) electrons. The first kappa shape index (κ1) is 24.2. The van der Waals surface area contributed by atoms with Gasteiger partial charge >= 0.3 is 6.36 Å². The Balaban J connectivity index is 1.78. The van der Waals surface area contributed by atoms with E-state index < -0.39 is 34.1 Å². The molecule has 1 aromatic heterocycles. The second-order valence-electron chi connectivity index (χ2n) is 6.48. The smallest absolute Gasteiger partial charge is 0.406 e. The number of thiophene rings is 1. The fraction of sp³-hybridized carbons (Fsp3) is 0.150. The Morgan fingerprint density at radius 3 is 2.25 bits per heavy atom. The molecule has 0 spiro atoms. The Bertz CT molecular complexity index is 1170. The Hall–Kier alpha value is -2.41. The number of alkyl halides is 3. The fourth-order valence-electron chi connectivity index (χ4n) is 2.69. The molecule has 0 aliphatic rings. The van der Waals surface area contributed by atoms with Crippen LogP contribution >= 0.6 is 27.3 Å². The highest BCUT2D eigenvalue weighted by molar-refractivity contribution is 9.11. The third-order valence-corrected chi connectivity index (χ3v) is 7.65. The van der Waals surface area contributed by atoms with Gasteiger partial charge in [-0.1, -0.05) is 30.3 Å². The average Bonchev–Trinajstić information content (AvgIpc) is 3.16. The highest BCUT2D eigenvalue weighted by Crippen LogP contribution is 2.27. The van der Waals surface area contributed by atoms with Crippen LogP contribution in [0.1, 0.15) is 5.56 Å². The third kappa shape index (κ3) is 7.05. The lowest BCUT2D eigenvalue weighted by Gasteiger charge is -2.18. The zero-order valence-corrected chi connectivity index (χ0v) is 19.3. The molecule has 1 heterocycles. The molecule has 2 aromatic carbocycles. The van der Waals surface area contributed by atoms with Crippen molar-refractivity contribution in [1.29, 1.82) is 0 Å². The van der Waals surface area contributed by atoms with E-state index in [0.717, 1.165) is 29.0 Å². The fourth-order valence-corrected chi connectivity index (χ4v) is 5.92. The van der Waals surface area contributed by atoms with E-state index in [1.165, 1.54) is 18.2 Å². The van der Waals surface area contributed by atoms with Crippen molar-refractivity contribution in [2.24, 2.45) is 0 Å². The standard InChI is InChI=1S/C20H16BrF3N2O4S2/c21-17-10-11-18(31-17)32(28,29)26-16(12-13-4-2-1-3-5-13)19(27)25-14-6-8-15(9-7-14)30-20(22,23)24/h1-11,16,26H,12H2,(H,25,27)/t16-/m0/s1. The van der Waals surface area contributed by atoms with Gasteiger partial charge in [-0.25, -0.2) is 8.42 Å². The number of hydrogen-bond donors (Lipinski definition) is 2. The predicted molar refractivity (Wildman–Crippen MR) is 118 cm³/mol. The van der Waals surface area contributed by atoms with Gasteiger partial charge in [0.05, 0.1) is 3.79 Å². The number of anilines is 1. The van der Waals surface area contributed by atoms with E-state index >= 15 is 0 Å². The maximum Gasteiger partial charge on any atom is 0.573 e. The molecule has 6 nitrogen and oxygen atoms in total. The molecular formula is C20H16BrF3N2O4S2. The molecule has 1 amide bonds. The molecule has 1 atom stereocenters. The van der Waals surface area contributed by atoms with Crippen molar-refractivity contribution in [3.63, 3.8) is 0 Å². The first-order chi connectivity index (χ1) is 15.0. The van der Waals surface area contributed by atoms with Crippen LogP contribution in [0.15, 0.2) is 74.7 Å². The number of nitrogens with one attached hydrogen (secondary N) is 2. The topological polar surface area (TPSA) is 84.5 Å². The van der Waals surface area contributed by atoms with Gasteiger partial charge in [-0.3, -0.25) is 4.79 Å². The Morgan fingerprint density at radius 1 is 1.03 bits per heavy atom. The second kappa shape index (κ2) is 10.0. The molecule has 0 fully saturated rings. The van der Waals surface area contributed by atoms with Crippen molar-refractivity contribution in [2.75, 3.05) is 5.32 Å². The number of hydrogen-bond acceptors (Lipinski definition) is 5. The first-order valence-electron chi connectivity index (χ1n) is 9.00. The molecule has 0 unspecified atom stereocenters. The van der Waals surface area contributed by atoms with Gasteiger partial charge in [-0.2, -0.15) is 4.72 Å². The SMILES string of the molecule is O=C(Nc1ccc(OC(F)(F)F)cc1)[C@H](Cc1ccccc1)NS(=O)(=O)c1ccc(Br)s1. The molecular weight excluding hydrogens is 533 g/mol. The van der Waals surface area contributed by atoms with Gasteiger partial charge in [0, 0.05) is 5.69 Å². The lowest BCUT2D eigenvalue weighted by atomic mass is 10.1. The summed E-state index contributed by atoms with van der Waals surface area (Å²) in [7, 11) is -3.99. The molecule has 0 saturated heterocycles. The monoisotopic (exact) mass is 548 g/mol. The summed E-state index contributed by atoms with van der Waals surface area (Å²) in [6.07, 6.45) is -4.77.